The van der Waals surface area contributed by atoms with Crippen molar-refractivity contribution >= 4 is 0 Å². The minimum absolute atomic E-state index is 0.295. The molecule has 3 unspecified atom stereocenters. The third-order valence-electron chi connectivity index (χ3n) is 6.16. The summed E-state index contributed by atoms with van der Waals surface area (Å²) in [6.07, 6.45) is 6.06. The molecule has 3 rings (SSSR count). The van der Waals surface area contributed by atoms with E-state index in [4.69, 9.17) is 4.74 Å². The first kappa shape index (κ1) is 13.9. The Hall–Kier alpha value is -1.09. The van der Waals surface area contributed by atoms with E-state index in [0.29, 0.717) is 16.9 Å². The van der Waals surface area contributed by atoms with E-state index < -0.39 is 0 Å². The van der Waals surface area contributed by atoms with Crippen molar-refractivity contribution in [3.05, 3.63) is 23.9 Å². The topological polar surface area (TPSA) is 34.1 Å². The van der Waals surface area contributed by atoms with Crippen LogP contribution in [0, 0.1) is 16.7 Å². The van der Waals surface area contributed by atoms with Gasteiger partial charge in [0.05, 0.1) is 0 Å². The average molecular weight is 274 g/mol. The maximum absolute atomic E-state index is 6.25. The molecule has 0 radical (unpaired) electrons. The van der Waals surface area contributed by atoms with E-state index in [1.165, 1.54) is 24.8 Å². The molecule has 0 aromatic carbocycles. The van der Waals surface area contributed by atoms with E-state index in [1.807, 2.05) is 19.3 Å². The second-order valence-corrected chi connectivity index (χ2v) is 7.25. The van der Waals surface area contributed by atoms with E-state index in [-0.39, 0.29) is 0 Å². The molecule has 2 aliphatic carbocycles. The fourth-order valence-electron chi connectivity index (χ4n) is 4.24. The van der Waals surface area contributed by atoms with Gasteiger partial charge in [0.25, 0.3) is 0 Å². The van der Waals surface area contributed by atoms with Crippen LogP contribution in [-0.4, -0.2) is 18.1 Å². The summed E-state index contributed by atoms with van der Waals surface area (Å²) in [4.78, 5) is 4.46. The van der Waals surface area contributed by atoms with Crippen molar-refractivity contribution in [1.82, 2.24) is 10.3 Å². The molecule has 1 N–H and O–H groups in total. The molecule has 0 aliphatic heterocycles. The second-order valence-electron chi connectivity index (χ2n) is 7.25. The summed E-state index contributed by atoms with van der Waals surface area (Å²) in [5.74, 6) is 1.58. The third kappa shape index (κ3) is 1.95. The van der Waals surface area contributed by atoms with Gasteiger partial charge >= 0.3 is 0 Å². The van der Waals surface area contributed by atoms with Gasteiger partial charge in [0.1, 0.15) is 6.10 Å². The zero-order chi connectivity index (χ0) is 14.4. The minimum Gasteiger partial charge on any atom is -0.474 e. The van der Waals surface area contributed by atoms with E-state index >= 15 is 0 Å². The summed E-state index contributed by atoms with van der Waals surface area (Å²) in [7, 11) is 1.95. The molecule has 0 saturated heterocycles. The molecule has 0 amide bonds. The Kier molecular flexibility index (Phi) is 3.28. The molecule has 1 aromatic heterocycles. The predicted octanol–water partition coefficient (Wildman–Crippen LogP) is 3.39. The molecule has 3 heteroatoms. The number of hydrogen-bond donors (Lipinski definition) is 1. The zero-order valence-corrected chi connectivity index (χ0v) is 13.1. The lowest BCUT2D eigenvalue weighted by Crippen LogP contribution is -2.39. The molecule has 110 valence electrons. The van der Waals surface area contributed by atoms with Crippen molar-refractivity contribution in [2.45, 2.75) is 52.7 Å². The Balaban J connectivity index is 1.73. The maximum Gasteiger partial charge on any atom is 0.213 e. The van der Waals surface area contributed by atoms with Crippen molar-refractivity contribution in [3.63, 3.8) is 0 Å². The second kappa shape index (κ2) is 4.73. The van der Waals surface area contributed by atoms with Crippen molar-refractivity contribution in [2.24, 2.45) is 16.7 Å². The number of nitrogens with one attached hydrogen (secondary N) is 1. The van der Waals surface area contributed by atoms with Gasteiger partial charge < -0.3 is 10.1 Å². The largest absolute Gasteiger partial charge is 0.474 e. The highest BCUT2D eigenvalue weighted by atomic mass is 16.5. The summed E-state index contributed by atoms with van der Waals surface area (Å²) in [6.45, 7) is 8.08. The fraction of sp³-hybridized carbons (Fsp3) is 0.706. The summed E-state index contributed by atoms with van der Waals surface area (Å²) in [5.41, 5.74) is 1.88. The Labute approximate surface area is 122 Å². The number of hydrogen-bond acceptors (Lipinski definition) is 3. The minimum atomic E-state index is 0.295. The number of pyridine rings is 1. The normalized spacial score (nSPS) is 34.4. The molecule has 3 atom stereocenters. The van der Waals surface area contributed by atoms with Crippen molar-refractivity contribution < 1.29 is 4.74 Å². The molecule has 3 nitrogen and oxygen atoms in total. The molecule has 2 saturated carbocycles. The Morgan fingerprint density at radius 1 is 1.35 bits per heavy atom. The SMILES string of the molecule is CNCc1ccc(OC2CC3CCC2(C)C3(C)C)nc1. The highest BCUT2D eigenvalue weighted by molar-refractivity contribution is 5.20. The molecule has 1 heterocycles. The molecular weight excluding hydrogens is 248 g/mol. The first-order chi connectivity index (χ1) is 9.47. The lowest BCUT2D eigenvalue weighted by atomic mass is 9.70. The molecule has 2 fully saturated rings. The standard InChI is InChI=1S/C17H26N2O/c1-16(2)13-7-8-17(16,3)14(9-13)20-15-6-5-12(10-18-4)11-19-15/h5-6,11,13-14,18H,7-10H2,1-4H3. The van der Waals surface area contributed by atoms with Gasteiger partial charge in [0.15, 0.2) is 0 Å². The molecular formula is C17H26N2O. The van der Waals surface area contributed by atoms with Crippen LogP contribution in [0.1, 0.15) is 45.6 Å². The van der Waals surface area contributed by atoms with E-state index in [1.54, 1.807) is 0 Å². The van der Waals surface area contributed by atoms with Crippen LogP contribution in [0.4, 0.5) is 0 Å². The van der Waals surface area contributed by atoms with Gasteiger partial charge in [-0.3, -0.25) is 0 Å². The van der Waals surface area contributed by atoms with Gasteiger partial charge in [-0.1, -0.05) is 26.8 Å². The summed E-state index contributed by atoms with van der Waals surface area (Å²) in [5, 5.41) is 3.13. The molecule has 20 heavy (non-hydrogen) atoms. The van der Waals surface area contributed by atoms with Crippen molar-refractivity contribution in [2.75, 3.05) is 7.05 Å². The van der Waals surface area contributed by atoms with Crippen molar-refractivity contribution in [1.29, 1.82) is 0 Å². The highest BCUT2D eigenvalue weighted by Crippen LogP contribution is 2.66. The Morgan fingerprint density at radius 3 is 2.65 bits per heavy atom. The number of aromatic nitrogens is 1. The van der Waals surface area contributed by atoms with Gasteiger partial charge in [-0.2, -0.15) is 0 Å². The quantitative estimate of drug-likeness (QED) is 0.914. The highest BCUT2D eigenvalue weighted by Gasteiger charge is 2.62. The summed E-state index contributed by atoms with van der Waals surface area (Å²) >= 11 is 0. The Morgan fingerprint density at radius 2 is 2.15 bits per heavy atom. The van der Waals surface area contributed by atoms with Gasteiger partial charge in [-0.15, -0.1) is 0 Å². The third-order valence-corrected chi connectivity index (χ3v) is 6.16. The van der Waals surface area contributed by atoms with Crippen LogP contribution in [0.25, 0.3) is 0 Å². The van der Waals surface area contributed by atoms with E-state index in [9.17, 15) is 0 Å². The van der Waals surface area contributed by atoms with Gasteiger partial charge in [0, 0.05) is 24.2 Å². The van der Waals surface area contributed by atoms with Crippen LogP contribution in [0.5, 0.6) is 5.88 Å². The maximum atomic E-state index is 6.25. The summed E-state index contributed by atoms with van der Waals surface area (Å²) in [6, 6.07) is 4.11. The van der Waals surface area contributed by atoms with Gasteiger partial charge in [-0.25, -0.2) is 4.98 Å². The summed E-state index contributed by atoms with van der Waals surface area (Å²) < 4.78 is 6.25. The fourth-order valence-corrected chi connectivity index (χ4v) is 4.24. The van der Waals surface area contributed by atoms with E-state index in [2.05, 4.69) is 37.1 Å². The Bertz CT molecular complexity index is 482. The van der Waals surface area contributed by atoms with Crippen LogP contribution >= 0.6 is 0 Å². The first-order valence-electron chi connectivity index (χ1n) is 7.73. The van der Waals surface area contributed by atoms with E-state index in [0.717, 1.165) is 18.3 Å². The van der Waals surface area contributed by atoms with Crippen LogP contribution < -0.4 is 10.1 Å². The van der Waals surface area contributed by atoms with Crippen LogP contribution in [0.3, 0.4) is 0 Å². The number of nitrogens with zero attached hydrogens (tertiary/aromatic N) is 1. The molecule has 2 bridgehead atoms. The van der Waals surface area contributed by atoms with Crippen LogP contribution in [0.2, 0.25) is 0 Å². The predicted molar refractivity (Wildman–Crippen MR) is 80.6 cm³/mol. The number of ether oxygens (including phenoxy) is 1. The molecule has 2 aliphatic rings. The number of fused-ring (bicyclic) bond motifs is 2. The zero-order valence-electron chi connectivity index (χ0n) is 13.1. The van der Waals surface area contributed by atoms with Crippen molar-refractivity contribution in [3.8, 4) is 5.88 Å². The average Bonchev–Trinajstić information content (AvgIpc) is 2.74. The smallest absolute Gasteiger partial charge is 0.213 e. The molecule has 1 aromatic rings. The number of rotatable bonds is 4. The first-order valence-corrected chi connectivity index (χ1v) is 7.73. The lowest BCUT2D eigenvalue weighted by molar-refractivity contribution is 0.0273. The van der Waals surface area contributed by atoms with Gasteiger partial charge in [0.2, 0.25) is 5.88 Å². The van der Waals surface area contributed by atoms with Crippen LogP contribution in [-0.2, 0) is 6.54 Å². The lowest BCUT2D eigenvalue weighted by Gasteiger charge is -2.38. The van der Waals surface area contributed by atoms with Gasteiger partial charge in [-0.05, 0) is 43.2 Å². The monoisotopic (exact) mass is 274 g/mol. The van der Waals surface area contributed by atoms with Crippen LogP contribution in [0.15, 0.2) is 18.3 Å². The molecule has 0 spiro atoms.